The van der Waals surface area contributed by atoms with Crippen LogP contribution in [-0.2, 0) is 40.1 Å². The Balaban J connectivity index is 1.07. The Bertz CT molecular complexity index is 2470. The van der Waals surface area contributed by atoms with Gasteiger partial charge in [-0.2, -0.15) is 0 Å². The highest BCUT2D eigenvalue weighted by atomic mass is 16.5. The van der Waals surface area contributed by atoms with E-state index in [-0.39, 0.29) is 36.4 Å². The van der Waals surface area contributed by atoms with Crippen molar-refractivity contribution in [2.24, 2.45) is 11.8 Å². The normalized spacial score (nSPS) is 21.5. The number of carbonyl (C=O) groups is 2. The van der Waals surface area contributed by atoms with E-state index in [1.165, 1.54) is 0 Å². The van der Waals surface area contributed by atoms with Crippen LogP contribution in [0.25, 0.3) is 10.8 Å². The number of anilines is 3. The standard InChI is InChI=1S/C46H45N5O5/c1-29-42(45(2,3)32-18-20-35(55-4)21-19-32)40(22-24-49-28-33(23-25-52)47-48-49)56-46(29)37-15-5-6-16-38(37)50(44(46)54)27-30-10-7-13-34(26-30)51-39-17-9-12-31-11-8-14-36(41(31)39)43(51)53/h5-21,26,28-29,40,42,52H,22-25,27H2,1-4H3/t29-,40+,42-,46+/m1/s1. The molecule has 9 rings (SSSR count). The quantitative estimate of drug-likeness (QED) is 0.145. The van der Waals surface area contributed by atoms with Crippen LogP contribution in [0.15, 0.2) is 115 Å². The summed E-state index contributed by atoms with van der Waals surface area (Å²) in [7, 11) is 1.67. The first-order valence-electron chi connectivity index (χ1n) is 19.3. The van der Waals surface area contributed by atoms with Gasteiger partial charge in [0.1, 0.15) is 5.75 Å². The first-order chi connectivity index (χ1) is 27.1. The molecule has 4 heterocycles. The summed E-state index contributed by atoms with van der Waals surface area (Å²) >= 11 is 0. The third-order valence-corrected chi connectivity index (χ3v) is 12.4. The molecule has 6 aromatic rings. The number of hydrogen-bond acceptors (Lipinski definition) is 7. The summed E-state index contributed by atoms with van der Waals surface area (Å²) < 4.78 is 14.6. The Morgan fingerprint density at radius 2 is 1.66 bits per heavy atom. The molecule has 3 aliphatic rings. The third-order valence-electron chi connectivity index (χ3n) is 12.4. The summed E-state index contributed by atoms with van der Waals surface area (Å²) in [4.78, 5) is 32.8. The van der Waals surface area contributed by atoms with Crippen LogP contribution in [0.1, 0.15) is 59.9 Å². The molecule has 3 aliphatic heterocycles. The Morgan fingerprint density at radius 3 is 2.45 bits per heavy atom. The van der Waals surface area contributed by atoms with Crippen LogP contribution in [0, 0.1) is 11.8 Å². The Morgan fingerprint density at radius 1 is 0.911 bits per heavy atom. The van der Waals surface area contributed by atoms with E-state index in [4.69, 9.17) is 9.47 Å². The molecule has 56 heavy (non-hydrogen) atoms. The number of aliphatic hydroxyl groups is 1. The number of aliphatic hydroxyl groups excluding tert-OH is 1. The van der Waals surface area contributed by atoms with E-state index in [2.05, 4.69) is 43.2 Å². The van der Waals surface area contributed by atoms with Crippen LogP contribution < -0.4 is 14.5 Å². The highest BCUT2D eigenvalue weighted by molar-refractivity contribution is 6.27. The van der Waals surface area contributed by atoms with Crippen molar-refractivity contribution in [1.29, 1.82) is 0 Å². The Kier molecular flexibility index (Phi) is 8.78. The fourth-order valence-corrected chi connectivity index (χ4v) is 9.78. The van der Waals surface area contributed by atoms with E-state index >= 15 is 4.79 Å². The van der Waals surface area contributed by atoms with Crippen LogP contribution in [0.5, 0.6) is 5.75 Å². The number of aromatic nitrogens is 3. The average molecular weight is 748 g/mol. The van der Waals surface area contributed by atoms with Gasteiger partial charge < -0.3 is 19.5 Å². The summed E-state index contributed by atoms with van der Waals surface area (Å²) in [6, 6.07) is 36.0. The molecule has 0 bridgehead atoms. The molecule has 0 aliphatic carbocycles. The minimum Gasteiger partial charge on any atom is -0.497 e. The summed E-state index contributed by atoms with van der Waals surface area (Å²) in [6.07, 6.45) is 2.61. The van der Waals surface area contributed by atoms with Gasteiger partial charge >= 0.3 is 0 Å². The van der Waals surface area contributed by atoms with Gasteiger partial charge in [-0.3, -0.25) is 19.2 Å². The number of para-hydroxylation sites is 1. The lowest BCUT2D eigenvalue weighted by Crippen LogP contribution is -2.45. The molecule has 10 nitrogen and oxygen atoms in total. The lowest BCUT2D eigenvalue weighted by molar-refractivity contribution is -0.146. The molecule has 0 saturated carbocycles. The van der Waals surface area contributed by atoms with Crippen molar-refractivity contribution in [3.63, 3.8) is 0 Å². The molecule has 1 aromatic heterocycles. The van der Waals surface area contributed by atoms with Gasteiger partial charge in [-0.25, -0.2) is 0 Å². The van der Waals surface area contributed by atoms with Gasteiger partial charge in [0.2, 0.25) is 0 Å². The average Bonchev–Trinajstić information content (AvgIpc) is 3.94. The van der Waals surface area contributed by atoms with Crippen molar-refractivity contribution in [1.82, 2.24) is 15.0 Å². The fraction of sp³-hybridized carbons (Fsp3) is 0.304. The zero-order valence-electron chi connectivity index (χ0n) is 32.1. The topological polar surface area (TPSA) is 110 Å². The first kappa shape index (κ1) is 35.8. The minimum atomic E-state index is -1.22. The van der Waals surface area contributed by atoms with E-state index in [9.17, 15) is 9.90 Å². The molecule has 5 aromatic carbocycles. The van der Waals surface area contributed by atoms with E-state index in [0.717, 1.165) is 56.0 Å². The molecular formula is C46H45N5O5. The van der Waals surface area contributed by atoms with Crippen LogP contribution >= 0.6 is 0 Å². The number of carbonyl (C=O) groups excluding carboxylic acids is 2. The summed E-state index contributed by atoms with van der Waals surface area (Å²) in [6.45, 7) is 7.51. The largest absolute Gasteiger partial charge is 0.497 e. The molecule has 1 spiro atoms. The maximum Gasteiger partial charge on any atom is 0.264 e. The van der Waals surface area contributed by atoms with Crippen LogP contribution in [0.3, 0.4) is 0 Å². The number of ether oxygens (including phenoxy) is 2. The van der Waals surface area contributed by atoms with Gasteiger partial charge in [-0.15, -0.1) is 5.10 Å². The maximum atomic E-state index is 15.3. The molecule has 1 saturated heterocycles. The summed E-state index contributed by atoms with van der Waals surface area (Å²) in [5, 5.41) is 20.0. The Labute approximate surface area is 326 Å². The van der Waals surface area contributed by atoms with Crippen molar-refractivity contribution < 1.29 is 24.2 Å². The molecule has 0 radical (unpaired) electrons. The number of rotatable bonds is 11. The maximum absolute atomic E-state index is 15.3. The molecule has 284 valence electrons. The molecule has 4 atom stereocenters. The van der Waals surface area contributed by atoms with Crippen molar-refractivity contribution in [2.45, 2.75) is 63.8 Å². The van der Waals surface area contributed by atoms with Crippen LogP contribution in [0.2, 0.25) is 0 Å². The summed E-state index contributed by atoms with van der Waals surface area (Å²) in [5.41, 5.74) is 5.16. The van der Waals surface area contributed by atoms with Gasteiger partial charge in [0.25, 0.3) is 11.8 Å². The zero-order valence-corrected chi connectivity index (χ0v) is 32.1. The van der Waals surface area contributed by atoms with Gasteiger partial charge in [0.15, 0.2) is 5.60 Å². The van der Waals surface area contributed by atoms with Gasteiger partial charge in [-0.1, -0.05) is 92.7 Å². The van der Waals surface area contributed by atoms with Gasteiger partial charge in [-0.05, 0) is 70.8 Å². The smallest absolute Gasteiger partial charge is 0.264 e. The van der Waals surface area contributed by atoms with Crippen LogP contribution in [0.4, 0.5) is 17.1 Å². The molecule has 1 fully saturated rings. The molecule has 2 amide bonds. The van der Waals surface area contributed by atoms with Gasteiger partial charge in [0, 0.05) is 54.2 Å². The number of aryl methyl sites for hydroxylation is 1. The van der Waals surface area contributed by atoms with Crippen LogP contribution in [-0.4, -0.2) is 51.7 Å². The number of methoxy groups -OCH3 is 1. The number of nitrogens with zero attached hydrogens (tertiary/aromatic N) is 5. The van der Waals surface area contributed by atoms with Crippen molar-refractivity contribution >= 4 is 39.6 Å². The van der Waals surface area contributed by atoms with Crippen molar-refractivity contribution in [2.75, 3.05) is 23.5 Å². The second-order valence-electron chi connectivity index (χ2n) is 15.8. The number of fused-ring (bicyclic) bond motifs is 2. The number of hydrogen-bond donors (Lipinski definition) is 1. The lowest BCUT2D eigenvalue weighted by Gasteiger charge is -2.38. The predicted molar refractivity (Wildman–Crippen MR) is 215 cm³/mol. The van der Waals surface area contributed by atoms with E-state index < -0.39 is 11.0 Å². The Hall–Kier alpha value is -5.84. The van der Waals surface area contributed by atoms with Crippen molar-refractivity contribution in [3.05, 3.63) is 143 Å². The third kappa shape index (κ3) is 5.53. The van der Waals surface area contributed by atoms with E-state index in [1.807, 2.05) is 108 Å². The number of benzene rings is 5. The SMILES string of the molecule is COc1ccc(C(C)(C)[C@H]2[C@H](CCn3cc(CCO)nn3)O[C@@]3(C(=O)N(Cc4cccc(N5C(=O)c6cccc7cccc5c67)c4)c4ccccc43)[C@@H]2C)cc1. The van der Waals surface area contributed by atoms with E-state index in [1.54, 1.807) is 16.7 Å². The minimum absolute atomic E-state index is 0.00602. The molecule has 1 N–H and O–H groups in total. The monoisotopic (exact) mass is 747 g/mol. The highest BCUT2D eigenvalue weighted by Crippen LogP contribution is 2.60. The second kappa shape index (κ2) is 13.7. The predicted octanol–water partition coefficient (Wildman–Crippen LogP) is 7.73. The highest BCUT2D eigenvalue weighted by Gasteiger charge is 2.65. The second-order valence-corrected chi connectivity index (χ2v) is 15.8. The summed E-state index contributed by atoms with van der Waals surface area (Å²) in [5.74, 6) is 0.359. The molecular weight excluding hydrogens is 703 g/mol. The fourth-order valence-electron chi connectivity index (χ4n) is 9.78. The molecule has 0 unspecified atom stereocenters. The zero-order chi connectivity index (χ0) is 38.8. The number of amides is 2. The molecule has 10 heteroatoms. The first-order valence-corrected chi connectivity index (χ1v) is 19.3. The van der Waals surface area contributed by atoms with Gasteiger partial charge in [0.05, 0.1) is 42.4 Å². The van der Waals surface area contributed by atoms with Crippen molar-refractivity contribution in [3.8, 4) is 5.75 Å². The van der Waals surface area contributed by atoms with E-state index in [0.29, 0.717) is 31.5 Å². The lowest BCUT2D eigenvalue weighted by atomic mass is 9.63.